The van der Waals surface area contributed by atoms with Gasteiger partial charge >= 0.3 is 6.18 Å². The van der Waals surface area contributed by atoms with E-state index >= 15 is 0 Å². The van der Waals surface area contributed by atoms with Crippen LogP contribution >= 0.6 is 0 Å². The topological polar surface area (TPSA) is 67.9 Å². The number of rotatable bonds is 6. The van der Waals surface area contributed by atoms with Crippen LogP contribution in [0.4, 0.5) is 18.9 Å². The second kappa shape index (κ2) is 8.12. The Balaban J connectivity index is 1.63. The van der Waals surface area contributed by atoms with E-state index in [0.29, 0.717) is 28.3 Å². The molecule has 0 atom stereocenters. The Morgan fingerprint density at radius 2 is 1.72 bits per heavy atom. The van der Waals surface area contributed by atoms with Gasteiger partial charge in [0.05, 0.1) is 17.8 Å². The number of carbonyl (C=O) groups is 2. The van der Waals surface area contributed by atoms with Crippen molar-refractivity contribution >= 4 is 17.4 Å². The number of alkyl halides is 3. The number of anilines is 1. The standard InChI is InChI=1S/C20H19F3N2O4/c1-12(26)15-7-17-18(29-11-28-17)8-16(15)24-19(27)10-25(2)9-13-3-5-14(6-4-13)20(21,22)23/h3-8H,9-11H2,1-2H3,(H,24,27). The van der Waals surface area contributed by atoms with Crippen molar-refractivity contribution in [3.05, 3.63) is 53.1 Å². The number of benzene rings is 2. The van der Waals surface area contributed by atoms with Crippen LogP contribution in [0.1, 0.15) is 28.4 Å². The third-order valence-corrected chi connectivity index (χ3v) is 4.31. The minimum absolute atomic E-state index is 0.0210. The van der Waals surface area contributed by atoms with E-state index in [0.717, 1.165) is 12.1 Å². The molecule has 6 nitrogen and oxygen atoms in total. The van der Waals surface area contributed by atoms with E-state index in [4.69, 9.17) is 9.47 Å². The highest BCUT2D eigenvalue weighted by Crippen LogP contribution is 2.37. The number of nitrogens with one attached hydrogen (secondary N) is 1. The zero-order valence-corrected chi connectivity index (χ0v) is 15.8. The van der Waals surface area contributed by atoms with E-state index in [1.54, 1.807) is 11.9 Å². The molecule has 2 aromatic rings. The Hall–Kier alpha value is -3.07. The molecule has 0 aliphatic carbocycles. The van der Waals surface area contributed by atoms with Crippen LogP contribution in [-0.2, 0) is 17.5 Å². The van der Waals surface area contributed by atoms with Crippen molar-refractivity contribution in [2.45, 2.75) is 19.6 Å². The molecule has 154 valence electrons. The normalized spacial score (nSPS) is 12.9. The number of ether oxygens (including phenoxy) is 2. The van der Waals surface area contributed by atoms with Crippen LogP contribution in [-0.4, -0.2) is 37.0 Å². The average molecular weight is 408 g/mol. The highest BCUT2D eigenvalue weighted by atomic mass is 19.4. The summed E-state index contributed by atoms with van der Waals surface area (Å²) in [5, 5.41) is 2.68. The molecule has 3 rings (SSSR count). The molecule has 1 heterocycles. The van der Waals surface area contributed by atoms with E-state index in [1.165, 1.54) is 31.2 Å². The van der Waals surface area contributed by atoms with Crippen LogP contribution in [0.5, 0.6) is 11.5 Å². The number of fused-ring (bicyclic) bond motifs is 1. The molecule has 0 aromatic heterocycles. The lowest BCUT2D eigenvalue weighted by atomic mass is 10.1. The molecule has 29 heavy (non-hydrogen) atoms. The molecular formula is C20H19F3N2O4. The zero-order chi connectivity index (χ0) is 21.2. The van der Waals surface area contributed by atoms with Gasteiger partial charge in [0.1, 0.15) is 0 Å². The van der Waals surface area contributed by atoms with Crippen LogP contribution in [0.25, 0.3) is 0 Å². The highest BCUT2D eigenvalue weighted by molar-refractivity contribution is 6.05. The predicted octanol–water partition coefficient (Wildman–Crippen LogP) is 3.71. The predicted molar refractivity (Wildman–Crippen MR) is 99.0 cm³/mol. The maximum atomic E-state index is 12.6. The summed E-state index contributed by atoms with van der Waals surface area (Å²) in [4.78, 5) is 25.9. The van der Waals surface area contributed by atoms with Crippen LogP contribution in [0.2, 0.25) is 0 Å². The summed E-state index contributed by atoms with van der Waals surface area (Å²) in [6.07, 6.45) is -4.39. The number of ketones is 1. The fourth-order valence-electron chi connectivity index (χ4n) is 2.94. The maximum Gasteiger partial charge on any atom is 0.416 e. The third kappa shape index (κ3) is 5.05. The maximum absolute atomic E-state index is 12.6. The molecule has 1 N–H and O–H groups in total. The highest BCUT2D eigenvalue weighted by Gasteiger charge is 2.30. The molecule has 0 radical (unpaired) electrons. The van der Waals surface area contributed by atoms with Gasteiger partial charge in [-0.3, -0.25) is 14.5 Å². The lowest BCUT2D eigenvalue weighted by Gasteiger charge is -2.18. The Bertz CT molecular complexity index is 927. The van der Waals surface area contributed by atoms with Crippen LogP contribution < -0.4 is 14.8 Å². The first-order valence-corrected chi connectivity index (χ1v) is 8.72. The number of hydrogen-bond donors (Lipinski definition) is 1. The van der Waals surface area contributed by atoms with Gasteiger partial charge in [0, 0.05) is 18.2 Å². The van der Waals surface area contributed by atoms with E-state index < -0.39 is 11.7 Å². The van der Waals surface area contributed by atoms with Gasteiger partial charge in [-0.2, -0.15) is 13.2 Å². The first kappa shape index (κ1) is 20.7. The SMILES string of the molecule is CC(=O)c1cc2c(cc1NC(=O)CN(C)Cc1ccc(C(F)(F)F)cc1)OCO2. The van der Waals surface area contributed by atoms with Crippen molar-refractivity contribution in [2.75, 3.05) is 25.7 Å². The molecule has 2 aromatic carbocycles. The number of carbonyl (C=O) groups excluding carboxylic acids is 2. The minimum Gasteiger partial charge on any atom is -0.454 e. The first-order valence-electron chi connectivity index (χ1n) is 8.72. The lowest BCUT2D eigenvalue weighted by molar-refractivity contribution is -0.137. The Morgan fingerprint density at radius 1 is 1.10 bits per heavy atom. The summed E-state index contributed by atoms with van der Waals surface area (Å²) in [6.45, 7) is 1.68. The zero-order valence-electron chi connectivity index (χ0n) is 15.8. The summed E-state index contributed by atoms with van der Waals surface area (Å²) in [5.41, 5.74) is 0.532. The van der Waals surface area contributed by atoms with E-state index in [1.807, 2.05) is 0 Å². The fraction of sp³-hybridized carbons (Fsp3) is 0.300. The van der Waals surface area contributed by atoms with Gasteiger partial charge in [-0.05, 0) is 37.7 Å². The summed E-state index contributed by atoms with van der Waals surface area (Å²) >= 11 is 0. The van der Waals surface area contributed by atoms with E-state index in [2.05, 4.69) is 5.32 Å². The second-order valence-corrected chi connectivity index (χ2v) is 6.72. The minimum atomic E-state index is -4.39. The molecule has 1 amide bonds. The molecule has 1 aliphatic heterocycles. The molecule has 0 bridgehead atoms. The largest absolute Gasteiger partial charge is 0.454 e. The summed E-state index contributed by atoms with van der Waals surface area (Å²) < 4.78 is 48.4. The van der Waals surface area contributed by atoms with Gasteiger partial charge in [-0.25, -0.2) is 0 Å². The van der Waals surface area contributed by atoms with Gasteiger partial charge in [-0.1, -0.05) is 12.1 Å². The van der Waals surface area contributed by atoms with Crippen molar-refractivity contribution in [2.24, 2.45) is 0 Å². The third-order valence-electron chi connectivity index (χ3n) is 4.31. The Kier molecular flexibility index (Phi) is 5.78. The molecular weight excluding hydrogens is 389 g/mol. The summed E-state index contributed by atoms with van der Waals surface area (Å²) in [6, 6.07) is 7.83. The number of halogens is 3. The quantitative estimate of drug-likeness (QED) is 0.739. The molecule has 0 spiro atoms. The molecule has 9 heteroatoms. The van der Waals surface area contributed by atoms with Gasteiger partial charge in [0.2, 0.25) is 12.7 Å². The van der Waals surface area contributed by atoms with Crippen LogP contribution in [0, 0.1) is 0 Å². The Morgan fingerprint density at radius 3 is 2.31 bits per heavy atom. The van der Waals surface area contributed by atoms with E-state index in [-0.39, 0.29) is 31.6 Å². The second-order valence-electron chi connectivity index (χ2n) is 6.72. The number of likely N-dealkylation sites (N-methyl/N-ethyl adjacent to an activating group) is 1. The first-order chi connectivity index (χ1) is 13.6. The van der Waals surface area contributed by atoms with Crippen molar-refractivity contribution < 1.29 is 32.2 Å². The molecule has 0 saturated heterocycles. The number of amides is 1. The summed E-state index contributed by atoms with van der Waals surface area (Å²) in [5.74, 6) is 0.258. The van der Waals surface area contributed by atoms with Gasteiger partial charge in [0.25, 0.3) is 0 Å². The molecule has 0 unspecified atom stereocenters. The number of nitrogens with zero attached hydrogens (tertiary/aromatic N) is 1. The van der Waals surface area contributed by atoms with Crippen molar-refractivity contribution in [1.82, 2.24) is 4.90 Å². The number of hydrogen-bond acceptors (Lipinski definition) is 5. The van der Waals surface area contributed by atoms with Crippen molar-refractivity contribution in [3.63, 3.8) is 0 Å². The smallest absolute Gasteiger partial charge is 0.416 e. The average Bonchev–Trinajstić information content (AvgIpc) is 3.07. The molecule has 0 fully saturated rings. The van der Waals surface area contributed by atoms with Crippen LogP contribution in [0.15, 0.2) is 36.4 Å². The van der Waals surface area contributed by atoms with Crippen LogP contribution in [0.3, 0.4) is 0 Å². The lowest BCUT2D eigenvalue weighted by Crippen LogP contribution is -2.30. The Labute approximate surface area is 165 Å². The molecule has 1 aliphatic rings. The number of Topliss-reactive ketones (excluding diaryl/α,β-unsaturated/α-hetero) is 1. The van der Waals surface area contributed by atoms with Crippen molar-refractivity contribution in [1.29, 1.82) is 0 Å². The summed E-state index contributed by atoms with van der Waals surface area (Å²) in [7, 11) is 1.67. The van der Waals surface area contributed by atoms with E-state index in [9.17, 15) is 22.8 Å². The van der Waals surface area contributed by atoms with Gasteiger partial charge in [-0.15, -0.1) is 0 Å². The monoisotopic (exact) mass is 408 g/mol. The molecule has 0 saturated carbocycles. The fourth-order valence-corrected chi connectivity index (χ4v) is 2.94. The van der Waals surface area contributed by atoms with Gasteiger partial charge in [0.15, 0.2) is 17.3 Å². The van der Waals surface area contributed by atoms with Gasteiger partial charge < -0.3 is 14.8 Å². The van der Waals surface area contributed by atoms with Crippen molar-refractivity contribution in [3.8, 4) is 11.5 Å².